The molecule has 1 fully saturated rings. The van der Waals surface area contributed by atoms with Crippen molar-refractivity contribution in [2.75, 3.05) is 18.0 Å². The smallest absolute Gasteiger partial charge is 0.314 e. The van der Waals surface area contributed by atoms with Gasteiger partial charge in [-0.1, -0.05) is 30.3 Å². The van der Waals surface area contributed by atoms with Crippen LogP contribution < -0.4 is 4.90 Å². The van der Waals surface area contributed by atoms with E-state index in [2.05, 4.69) is 4.98 Å². The van der Waals surface area contributed by atoms with E-state index in [9.17, 15) is 19.8 Å². The van der Waals surface area contributed by atoms with E-state index in [0.29, 0.717) is 37.2 Å². The van der Waals surface area contributed by atoms with Crippen LogP contribution in [0.25, 0.3) is 0 Å². The van der Waals surface area contributed by atoms with Crippen molar-refractivity contribution in [1.82, 2.24) is 4.98 Å². The molecule has 3 rings (SSSR count). The van der Waals surface area contributed by atoms with Gasteiger partial charge in [0, 0.05) is 24.8 Å². The van der Waals surface area contributed by atoms with Crippen LogP contribution in [0, 0.1) is 5.41 Å². The molecule has 0 spiro atoms. The zero-order valence-corrected chi connectivity index (χ0v) is 16.0. The van der Waals surface area contributed by atoms with E-state index < -0.39 is 17.5 Å². The molecule has 0 radical (unpaired) electrons. The molecule has 1 aliphatic heterocycles. The minimum atomic E-state index is -1.23. The Labute approximate surface area is 164 Å². The number of aryl methyl sites for hydroxylation is 1. The first-order valence-corrected chi connectivity index (χ1v) is 9.60. The highest BCUT2D eigenvalue weighted by atomic mass is 16.4. The predicted molar refractivity (Wildman–Crippen MR) is 107 cm³/mol. The van der Waals surface area contributed by atoms with Crippen LogP contribution in [0.1, 0.15) is 42.1 Å². The van der Waals surface area contributed by atoms with Gasteiger partial charge in [0.1, 0.15) is 11.2 Å². The van der Waals surface area contributed by atoms with Gasteiger partial charge in [0.05, 0.1) is 6.10 Å². The number of carbonyl (C=O) groups is 2. The number of carbonyl (C=O) groups excluding carboxylic acids is 1. The highest BCUT2D eigenvalue weighted by Gasteiger charge is 2.49. The lowest BCUT2D eigenvalue weighted by atomic mass is 9.73. The van der Waals surface area contributed by atoms with Gasteiger partial charge in [0.15, 0.2) is 5.78 Å². The Kier molecular flexibility index (Phi) is 6.09. The zero-order chi connectivity index (χ0) is 20.1. The number of hydrogen-bond acceptors (Lipinski definition) is 5. The van der Waals surface area contributed by atoms with Crippen molar-refractivity contribution < 1.29 is 19.8 Å². The van der Waals surface area contributed by atoms with Gasteiger partial charge in [-0.2, -0.15) is 0 Å². The number of aliphatic carboxylic acids is 1. The van der Waals surface area contributed by atoms with Gasteiger partial charge < -0.3 is 15.1 Å². The summed E-state index contributed by atoms with van der Waals surface area (Å²) in [6.07, 6.45) is 2.83. The number of piperidine rings is 1. The maximum atomic E-state index is 12.2. The molecule has 6 heteroatoms. The van der Waals surface area contributed by atoms with E-state index in [1.54, 1.807) is 12.1 Å². The highest BCUT2D eigenvalue weighted by Crippen LogP contribution is 2.37. The molecule has 0 bridgehead atoms. The summed E-state index contributed by atoms with van der Waals surface area (Å²) in [7, 11) is 0. The van der Waals surface area contributed by atoms with Crippen LogP contribution in [0.5, 0.6) is 0 Å². The topological polar surface area (TPSA) is 90.7 Å². The average Bonchev–Trinajstić information content (AvgIpc) is 2.70. The molecular formula is C22H26N2O4. The quantitative estimate of drug-likeness (QED) is 0.716. The summed E-state index contributed by atoms with van der Waals surface area (Å²) in [6, 6.07) is 13.4. The minimum absolute atomic E-state index is 0.0612. The lowest BCUT2D eigenvalue weighted by Crippen LogP contribution is -2.56. The molecule has 2 aromatic rings. The number of pyridine rings is 1. The van der Waals surface area contributed by atoms with Crippen LogP contribution in [-0.4, -0.2) is 46.1 Å². The van der Waals surface area contributed by atoms with Gasteiger partial charge in [-0.25, -0.2) is 4.98 Å². The summed E-state index contributed by atoms with van der Waals surface area (Å²) in [5.41, 5.74) is 0.452. The molecular weight excluding hydrogens is 356 g/mol. The molecule has 1 aromatic heterocycles. The van der Waals surface area contributed by atoms with Crippen molar-refractivity contribution in [3.8, 4) is 0 Å². The van der Waals surface area contributed by atoms with Crippen LogP contribution in [-0.2, 0) is 11.2 Å². The maximum absolute atomic E-state index is 12.2. The molecule has 0 unspecified atom stereocenters. The monoisotopic (exact) mass is 382 g/mol. The summed E-state index contributed by atoms with van der Waals surface area (Å²) in [5, 5.41) is 20.6. The molecule has 0 saturated carbocycles. The molecule has 0 amide bonds. The first-order chi connectivity index (χ1) is 13.4. The third-order valence-electron chi connectivity index (χ3n) is 5.62. The van der Waals surface area contributed by atoms with Crippen molar-refractivity contribution >= 4 is 17.6 Å². The number of carboxylic acids is 1. The first kappa shape index (κ1) is 20.0. The van der Waals surface area contributed by atoms with Gasteiger partial charge in [0.2, 0.25) is 0 Å². The minimum Gasteiger partial charge on any atom is -0.481 e. The SMILES string of the molecule is CC(=O)c1ccc(N2CC[C@H](O)[C@](CCCc3ccccc3)(C(=O)O)C2)nc1. The van der Waals surface area contributed by atoms with E-state index in [0.717, 1.165) is 12.0 Å². The fourth-order valence-corrected chi connectivity index (χ4v) is 3.87. The standard InChI is InChI=1S/C22H26N2O4/c1-16(25)18-9-10-20(23-14-18)24-13-11-19(26)22(15-24,21(27)28)12-5-8-17-6-3-2-4-7-17/h2-4,6-7,9-10,14,19,26H,5,8,11-13,15H2,1H3,(H,27,28)/t19-,22+/m0/s1. The second kappa shape index (κ2) is 8.52. The van der Waals surface area contributed by atoms with Crippen molar-refractivity contribution in [1.29, 1.82) is 0 Å². The Morgan fingerprint density at radius 2 is 1.96 bits per heavy atom. The maximum Gasteiger partial charge on any atom is 0.314 e. The lowest BCUT2D eigenvalue weighted by Gasteiger charge is -2.44. The number of benzene rings is 1. The highest BCUT2D eigenvalue weighted by molar-refractivity contribution is 5.93. The van der Waals surface area contributed by atoms with E-state index in [4.69, 9.17) is 0 Å². The predicted octanol–water partition coefficient (Wildman–Crippen LogP) is 2.95. The van der Waals surface area contributed by atoms with Crippen LogP contribution in [0.15, 0.2) is 48.7 Å². The number of aliphatic hydroxyl groups is 1. The summed E-state index contributed by atoms with van der Waals surface area (Å²) < 4.78 is 0. The van der Waals surface area contributed by atoms with Crippen LogP contribution in [0.2, 0.25) is 0 Å². The number of aromatic nitrogens is 1. The van der Waals surface area contributed by atoms with Crippen molar-refractivity contribution in [3.63, 3.8) is 0 Å². The van der Waals surface area contributed by atoms with Crippen molar-refractivity contribution in [3.05, 3.63) is 59.8 Å². The van der Waals surface area contributed by atoms with Gasteiger partial charge in [-0.15, -0.1) is 0 Å². The lowest BCUT2D eigenvalue weighted by molar-refractivity contribution is -0.158. The molecule has 6 nitrogen and oxygen atoms in total. The second-order valence-electron chi connectivity index (χ2n) is 7.49. The number of rotatable bonds is 7. The normalized spacial score (nSPS) is 22.1. The largest absolute Gasteiger partial charge is 0.481 e. The number of carboxylic acid groups (broad SMARTS) is 1. The number of anilines is 1. The number of hydrogen-bond donors (Lipinski definition) is 2. The summed E-state index contributed by atoms with van der Waals surface area (Å²) >= 11 is 0. The Morgan fingerprint density at radius 3 is 2.57 bits per heavy atom. The summed E-state index contributed by atoms with van der Waals surface area (Å²) in [4.78, 5) is 29.9. The summed E-state index contributed by atoms with van der Waals surface area (Å²) in [5.74, 6) is -0.405. The van der Waals surface area contributed by atoms with Gasteiger partial charge >= 0.3 is 5.97 Å². The summed E-state index contributed by atoms with van der Waals surface area (Å²) in [6.45, 7) is 2.21. The van der Waals surface area contributed by atoms with Gasteiger partial charge in [-0.05, 0) is 50.3 Å². The van der Waals surface area contributed by atoms with Crippen molar-refractivity contribution in [2.24, 2.45) is 5.41 Å². The molecule has 2 atom stereocenters. The molecule has 0 aliphatic carbocycles. The number of nitrogens with zero attached hydrogens (tertiary/aromatic N) is 2. The third kappa shape index (κ3) is 4.22. The Balaban J connectivity index is 1.74. The molecule has 28 heavy (non-hydrogen) atoms. The number of ketones is 1. The molecule has 1 aromatic carbocycles. The van der Waals surface area contributed by atoms with Crippen LogP contribution in [0.3, 0.4) is 0 Å². The van der Waals surface area contributed by atoms with Crippen LogP contribution in [0.4, 0.5) is 5.82 Å². The molecule has 2 heterocycles. The van der Waals surface area contributed by atoms with Crippen molar-refractivity contribution in [2.45, 2.75) is 38.7 Å². The number of Topliss-reactive ketones (excluding diaryl/α,β-unsaturated/α-hetero) is 1. The fraction of sp³-hybridized carbons (Fsp3) is 0.409. The zero-order valence-electron chi connectivity index (χ0n) is 16.0. The van der Waals surface area contributed by atoms with Gasteiger partial charge in [-0.3, -0.25) is 9.59 Å². The van der Waals surface area contributed by atoms with Gasteiger partial charge in [0.25, 0.3) is 0 Å². The Hall–Kier alpha value is -2.73. The molecule has 148 valence electrons. The molecule has 2 N–H and O–H groups in total. The third-order valence-corrected chi connectivity index (χ3v) is 5.62. The van der Waals surface area contributed by atoms with E-state index in [1.807, 2.05) is 35.2 Å². The van der Waals surface area contributed by atoms with E-state index in [-0.39, 0.29) is 12.3 Å². The van der Waals surface area contributed by atoms with E-state index >= 15 is 0 Å². The molecule has 1 aliphatic rings. The second-order valence-corrected chi connectivity index (χ2v) is 7.49. The molecule has 1 saturated heterocycles. The Bertz CT molecular complexity index is 822. The van der Waals surface area contributed by atoms with Crippen LogP contribution >= 0.6 is 0 Å². The first-order valence-electron chi connectivity index (χ1n) is 9.60. The Morgan fingerprint density at radius 1 is 1.21 bits per heavy atom. The number of aliphatic hydroxyl groups excluding tert-OH is 1. The van der Waals surface area contributed by atoms with E-state index in [1.165, 1.54) is 13.1 Å². The average molecular weight is 382 g/mol. The fourth-order valence-electron chi connectivity index (χ4n) is 3.87.